The molecule has 2 heterocycles. The standard InChI is InChI=1S/C14H8BrFN4O2/c15-14-10(12-3-1-2-6-17-12)8-19(18-14)13-5-4-9(20(21)22)7-11(13)16/h1-8H. The van der Waals surface area contributed by atoms with E-state index < -0.39 is 10.7 Å². The second-order valence-electron chi connectivity index (χ2n) is 4.39. The molecule has 0 unspecified atom stereocenters. The van der Waals surface area contributed by atoms with Crippen LogP contribution in [0.15, 0.2) is 53.4 Å². The Morgan fingerprint density at radius 3 is 2.73 bits per heavy atom. The number of nitrogens with zero attached hydrogens (tertiary/aromatic N) is 4. The summed E-state index contributed by atoms with van der Waals surface area (Å²) in [6.45, 7) is 0. The minimum atomic E-state index is -0.725. The molecule has 0 N–H and O–H groups in total. The van der Waals surface area contributed by atoms with Crippen molar-refractivity contribution in [1.82, 2.24) is 14.8 Å². The Balaban J connectivity index is 2.05. The molecule has 0 amide bonds. The van der Waals surface area contributed by atoms with Gasteiger partial charge in [-0.05, 0) is 34.1 Å². The molecule has 0 aliphatic heterocycles. The van der Waals surface area contributed by atoms with Gasteiger partial charge in [-0.25, -0.2) is 9.07 Å². The van der Waals surface area contributed by atoms with Crippen LogP contribution in [0.3, 0.4) is 0 Å². The zero-order valence-corrected chi connectivity index (χ0v) is 12.6. The number of halogens is 2. The molecule has 0 radical (unpaired) electrons. The minimum Gasteiger partial charge on any atom is -0.258 e. The molecule has 110 valence electrons. The Morgan fingerprint density at radius 1 is 1.27 bits per heavy atom. The number of pyridine rings is 1. The van der Waals surface area contributed by atoms with Crippen LogP contribution in [0.2, 0.25) is 0 Å². The molecule has 0 fully saturated rings. The topological polar surface area (TPSA) is 73.8 Å². The van der Waals surface area contributed by atoms with E-state index in [1.165, 1.54) is 16.8 Å². The number of benzene rings is 1. The molecule has 0 bridgehead atoms. The second kappa shape index (κ2) is 5.64. The lowest BCUT2D eigenvalue weighted by Crippen LogP contribution is -1.99. The fraction of sp³-hybridized carbons (Fsp3) is 0. The lowest BCUT2D eigenvalue weighted by molar-refractivity contribution is -0.385. The van der Waals surface area contributed by atoms with Gasteiger partial charge in [-0.3, -0.25) is 15.1 Å². The van der Waals surface area contributed by atoms with Crippen molar-refractivity contribution in [2.24, 2.45) is 0 Å². The summed E-state index contributed by atoms with van der Waals surface area (Å²) in [7, 11) is 0. The molecule has 3 aromatic rings. The molecule has 0 saturated carbocycles. The largest absolute Gasteiger partial charge is 0.272 e. The third kappa shape index (κ3) is 2.60. The van der Waals surface area contributed by atoms with Crippen LogP contribution < -0.4 is 0 Å². The van der Waals surface area contributed by atoms with E-state index >= 15 is 0 Å². The smallest absolute Gasteiger partial charge is 0.258 e. The molecular weight excluding hydrogens is 355 g/mol. The molecule has 0 saturated heterocycles. The molecule has 0 spiro atoms. The normalized spacial score (nSPS) is 10.6. The molecule has 0 aliphatic carbocycles. The van der Waals surface area contributed by atoms with Crippen LogP contribution in [0, 0.1) is 15.9 Å². The first-order valence-corrected chi connectivity index (χ1v) is 6.96. The van der Waals surface area contributed by atoms with Crippen molar-refractivity contribution < 1.29 is 9.31 Å². The summed E-state index contributed by atoms with van der Waals surface area (Å²) in [6.07, 6.45) is 3.25. The summed E-state index contributed by atoms with van der Waals surface area (Å²) >= 11 is 3.31. The second-order valence-corrected chi connectivity index (χ2v) is 5.14. The predicted octanol–water partition coefficient (Wildman–Crippen LogP) is 3.74. The van der Waals surface area contributed by atoms with Crippen LogP contribution in [-0.4, -0.2) is 19.7 Å². The number of nitro groups is 1. The van der Waals surface area contributed by atoms with Crippen molar-refractivity contribution >= 4 is 21.6 Å². The first-order valence-electron chi connectivity index (χ1n) is 6.17. The van der Waals surface area contributed by atoms with E-state index in [2.05, 4.69) is 26.0 Å². The number of non-ortho nitro benzene ring substituents is 1. The molecule has 0 aliphatic rings. The van der Waals surface area contributed by atoms with Crippen LogP contribution in [0.4, 0.5) is 10.1 Å². The molecule has 0 atom stereocenters. The van der Waals surface area contributed by atoms with Crippen molar-refractivity contribution in [3.05, 3.63) is 69.3 Å². The molecule has 22 heavy (non-hydrogen) atoms. The van der Waals surface area contributed by atoms with Gasteiger partial charge in [-0.2, -0.15) is 5.10 Å². The first kappa shape index (κ1) is 14.3. The third-order valence-corrected chi connectivity index (χ3v) is 3.58. The van der Waals surface area contributed by atoms with E-state index in [0.29, 0.717) is 15.9 Å². The average Bonchev–Trinajstić information content (AvgIpc) is 2.89. The Morgan fingerprint density at radius 2 is 2.09 bits per heavy atom. The van der Waals surface area contributed by atoms with Gasteiger partial charge in [0.25, 0.3) is 5.69 Å². The van der Waals surface area contributed by atoms with Crippen LogP contribution in [-0.2, 0) is 0 Å². The van der Waals surface area contributed by atoms with Gasteiger partial charge in [0.2, 0.25) is 0 Å². The van der Waals surface area contributed by atoms with E-state index in [4.69, 9.17) is 0 Å². The highest BCUT2D eigenvalue weighted by Gasteiger charge is 2.15. The fourth-order valence-corrected chi connectivity index (χ4v) is 2.44. The molecule has 3 rings (SSSR count). The summed E-state index contributed by atoms with van der Waals surface area (Å²) in [6, 6.07) is 8.84. The van der Waals surface area contributed by atoms with Gasteiger partial charge in [0.1, 0.15) is 10.3 Å². The van der Waals surface area contributed by atoms with Gasteiger partial charge < -0.3 is 0 Å². The summed E-state index contributed by atoms with van der Waals surface area (Å²) < 4.78 is 15.9. The maximum Gasteiger partial charge on any atom is 0.272 e. The van der Waals surface area contributed by atoms with Crippen molar-refractivity contribution in [2.45, 2.75) is 0 Å². The number of aromatic nitrogens is 3. The fourth-order valence-electron chi connectivity index (χ4n) is 1.97. The first-order chi connectivity index (χ1) is 10.6. The lowest BCUT2D eigenvalue weighted by Gasteiger charge is -2.02. The molecule has 6 nitrogen and oxygen atoms in total. The van der Waals surface area contributed by atoms with E-state index in [-0.39, 0.29) is 11.4 Å². The van der Waals surface area contributed by atoms with Crippen molar-refractivity contribution in [3.8, 4) is 16.9 Å². The zero-order chi connectivity index (χ0) is 15.7. The van der Waals surface area contributed by atoms with E-state index in [1.807, 2.05) is 6.07 Å². The summed E-state index contributed by atoms with van der Waals surface area (Å²) in [4.78, 5) is 14.2. The van der Waals surface area contributed by atoms with Gasteiger partial charge in [-0.15, -0.1) is 0 Å². The molecule has 2 aromatic heterocycles. The maximum absolute atomic E-state index is 14.0. The SMILES string of the molecule is O=[N+]([O-])c1ccc(-n2cc(-c3ccccn3)c(Br)n2)c(F)c1. The molecular formula is C14H8BrFN4O2. The number of nitro benzene ring substituents is 1. The zero-order valence-electron chi connectivity index (χ0n) is 11.0. The van der Waals surface area contributed by atoms with Gasteiger partial charge >= 0.3 is 0 Å². The number of hydrogen-bond acceptors (Lipinski definition) is 4. The highest BCUT2D eigenvalue weighted by molar-refractivity contribution is 9.10. The molecule has 8 heteroatoms. The van der Waals surface area contributed by atoms with Crippen molar-refractivity contribution in [2.75, 3.05) is 0 Å². The van der Waals surface area contributed by atoms with Crippen LogP contribution >= 0.6 is 15.9 Å². The van der Waals surface area contributed by atoms with Gasteiger partial charge in [-0.1, -0.05) is 6.07 Å². The Labute approximate surface area is 132 Å². The van der Waals surface area contributed by atoms with Gasteiger partial charge in [0.05, 0.1) is 22.2 Å². The Bertz CT molecular complexity index is 851. The van der Waals surface area contributed by atoms with E-state index in [9.17, 15) is 14.5 Å². The van der Waals surface area contributed by atoms with Gasteiger partial charge in [0.15, 0.2) is 5.82 Å². The third-order valence-electron chi connectivity index (χ3n) is 3.00. The number of hydrogen-bond donors (Lipinski definition) is 0. The van der Waals surface area contributed by atoms with Crippen molar-refractivity contribution in [1.29, 1.82) is 0 Å². The highest BCUT2D eigenvalue weighted by atomic mass is 79.9. The Kier molecular flexibility index (Phi) is 3.68. The molecule has 1 aromatic carbocycles. The van der Waals surface area contributed by atoms with Crippen LogP contribution in [0.1, 0.15) is 0 Å². The van der Waals surface area contributed by atoms with Crippen LogP contribution in [0.5, 0.6) is 0 Å². The quantitative estimate of drug-likeness (QED) is 0.525. The summed E-state index contributed by atoms with van der Waals surface area (Å²) in [5.74, 6) is -0.725. The monoisotopic (exact) mass is 362 g/mol. The maximum atomic E-state index is 14.0. The highest BCUT2D eigenvalue weighted by Crippen LogP contribution is 2.28. The Hall–Kier alpha value is -2.61. The summed E-state index contributed by atoms with van der Waals surface area (Å²) in [5, 5.41) is 14.8. The van der Waals surface area contributed by atoms with Gasteiger partial charge in [0, 0.05) is 18.5 Å². The van der Waals surface area contributed by atoms with E-state index in [1.54, 1.807) is 24.5 Å². The lowest BCUT2D eigenvalue weighted by atomic mass is 10.2. The summed E-state index contributed by atoms with van der Waals surface area (Å²) in [5.41, 5.74) is 1.19. The number of rotatable bonds is 3. The average molecular weight is 363 g/mol. The predicted molar refractivity (Wildman–Crippen MR) is 81.1 cm³/mol. The van der Waals surface area contributed by atoms with Crippen LogP contribution in [0.25, 0.3) is 16.9 Å². The minimum absolute atomic E-state index is 0.119. The van der Waals surface area contributed by atoms with E-state index in [0.717, 1.165) is 6.07 Å². The van der Waals surface area contributed by atoms with Crippen molar-refractivity contribution in [3.63, 3.8) is 0 Å².